The second kappa shape index (κ2) is 4.53. The van der Waals surface area contributed by atoms with Crippen molar-refractivity contribution in [2.45, 2.75) is 18.6 Å². The van der Waals surface area contributed by atoms with Gasteiger partial charge in [-0.15, -0.1) is 0 Å². The molecule has 0 aliphatic carbocycles. The number of carbonyl (C=O) groups is 1. The van der Waals surface area contributed by atoms with Crippen molar-refractivity contribution in [3.8, 4) is 0 Å². The number of nitrogens with two attached hydrogens (primary N) is 1. The summed E-state index contributed by atoms with van der Waals surface area (Å²) in [5.41, 5.74) is 1.50. The summed E-state index contributed by atoms with van der Waals surface area (Å²) in [5, 5.41) is 4.64. The van der Waals surface area contributed by atoms with E-state index in [-0.39, 0.29) is 18.9 Å². The van der Waals surface area contributed by atoms with Gasteiger partial charge in [0.1, 0.15) is 5.25 Å². The molecule has 1 atom stereocenters. The Morgan fingerprint density at radius 1 is 1.44 bits per heavy atom. The van der Waals surface area contributed by atoms with Crippen molar-refractivity contribution >= 4 is 33.2 Å². The summed E-state index contributed by atoms with van der Waals surface area (Å²) in [7, 11) is -3.70. The molecule has 1 aliphatic heterocycles. The van der Waals surface area contributed by atoms with Gasteiger partial charge in [0.05, 0.1) is 10.7 Å². The van der Waals surface area contributed by atoms with Crippen molar-refractivity contribution < 1.29 is 13.2 Å². The van der Waals surface area contributed by atoms with Crippen LogP contribution in [-0.4, -0.2) is 26.1 Å². The van der Waals surface area contributed by atoms with E-state index in [0.29, 0.717) is 10.7 Å². The van der Waals surface area contributed by atoms with E-state index in [9.17, 15) is 13.2 Å². The van der Waals surface area contributed by atoms with E-state index in [1.54, 1.807) is 12.1 Å². The van der Waals surface area contributed by atoms with Crippen LogP contribution in [0.2, 0.25) is 5.02 Å². The number of benzene rings is 1. The molecular formula is C11H13ClN2O3S. The minimum Gasteiger partial charge on any atom is -0.310 e. The number of rotatable bonds is 2. The number of aryl methyl sites for hydroxylation is 1. The summed E-state index contributed by atoms with van der Waals surface area (Å²) in [5.74, 6) is -0.278. The zero-order chi connectivity index (χ0) is 13.5. The lowest BCUT2D eigenvalue weighted by Gasteiger charge is -2.18. The third kappa shape index (κ3) is 2.50. The van der Waals surface area contributed by atoms with Gasteiger partial charge in [-0.25, -0.2) is 13.6 Å². The second-order valence-corrected chi connectivity index (χ2v) is 6.63. The Morgan fingerprint density at radius 2 is 2.11 bits per heavy atom. The van der Waals surface area contributed by atoms with Crippen molar-refractivity contribution in [1.29, 1.82) is 0 Å². The van der Waals surface area contributed by atoms with Crippen LogP contribution >= 0.6 is 11.6 Å². The summed E-state index contributed by atoms with van der Waals surface area (Å²) in [6, 6.07) is 5.26. The van der Waals surface area contributed by atoms with Gasteiger partial charge in [-0.1, -0.05) is 17.7 Å². The first-order valence-electron chi connectivity index (χ1n) is 5.37. The zero-order valence-electron chi connectivity index (χ0n) is 9.76. The molecule has 2 N–H and O–H groups in total. The summed E-state index contributed by atoms with van der Waals surface area (Å²) in [6.07, 6.45) is -0.0942. The van der Waals surface area contributed by atoms with Crippen molar-refractivity contribution in [3.63, 3.8) is 0 Å². The van der Waals surface area contributed by atoms with Crippen LogP contribution in [0.15, 0.2) is 18.2 Å². The lowest BCUT2D eigenvalue weighted by atomic mass is 10.2. The molecule has 1 aromatic rings. The molecule has 0 bridgehead atoms. The molecule has 0 radical (unpaired) electrons. The fourth-order valence-corrected chi connectivity index (χ4v) is 3.03. The van der Waals surface area contributed by atoms with Gasteiger partial charge >= 0.3 is 0 Å². The van der Waals surface area contributed by atoms with Crippen molar-refractivity contribution in [1.82, 2.24) is 0 Å². The van der Waals surface area contributed by atoms with E-state index < -0.39 is 15.3 Å². The van der Waals surface area contributed by atoms with Gasteiger partial charge in [0.25, 0.3) is 0 Å². The lowest BCUT2D eigenvalue weighted by molar-refractivity contribution is -0.117. The van der Waals surface area contributed by atoms with Gasteiger partial charge in [0.15, 0.2) is 0 Å². The van der Waals surface area contributed by atoms with Gasteiger partial charge in [0.2, 0.25) is 15.9 Å². The van der Waals surface area contributed by atoms with Crippen LogP contribution in [-0.2, 0) is 14.8 Å². The summed E-state index contributed by atoms with van der Waals surface area (Å²) in [6.45, 7) is 1.94. The molecule has 0 aromatic heterocycles. The van der Waals surface area contributed by atoms with E-state index in [0.717, 1.165) is 5.56 Å². The highest BCUT2D eigenvalue weighted by Crippen LogP contribution is 2.31. The van der Waals surface area contributed by atoms with Crippen molar-refractivity contribution in [2.75, 3.05) is 11.4 Å². The van der Waals surface area contributed by atoms with Gasteiger partial charge in [-0.05, 0) is 24.6 Å². The summed E-state index contributed by atoms with van der Waals surface area (Å²) >= 11 is 6.06. The normalized spacial score (nSPS) is 20.5. The lowest BCUT2D eigenvalue weighted by Crippen LogP contribution is -2.32. The summed E-state index contributed by atoms with van der Waals surface area (Å²) in [4.78, 5) is 13.2. The Balaban J connectivity index is 2.33. The smallest absolute Gasteiger partial charge is 0.228 e. The number of anilines is 1. The standard InChI is InChI=1S/C11H13ClN2O3S/c1-7-2-3-10(9(12)4-7)14-6-8(5-11(14)15)18(13,16)17/h2-4,8H,5-6H2,1H3,(H2,13,16,17). The molecule has 7 heteroatoms. The van der Waals surface area contributed by atoms with Gasteiger partial charge in [0, 0.05) is 13.0 Å². The number of sulfonamides is 1. The minimum absolute atomic E-state index is 0.0560. The average Bonchev–Trinajstić information content (AvgIpc) is 2.60. The van der Waals surface area contributed by atoms with Gasteiger partial charge < -0.3 is 4.90 Å². The van der Waals surface area contributed by atoms with Crippen LogP contribution in [0.5, 0.6) is 0 Å². The van der Waals surface area contributed by atoms with Crippen LogP contribution < -0.4 is 10.0 Å². The van der Waals surface area contributed by atoms with E-state index >= 15 is 0 Å². The first kappa shape index (κ1) is 13.3. The Hall–Kier alpha value is -1.11. The molecule has 1 saturated heterocycles. The molecule has 18 heavy (non-hydrogen) atoms. The van der Waals surface area contributed by atoms with Crippen LogP contribution in [0.1, 0.15) is 12.0 Å². The SMILES string of the molecule is Cc1ccc(N2CC(S(N)(=O)=O)CC2=O)c(Cl)c1. The van der Waals surface area contributed by atoms with Crippen LogP contribution in [0.3, 0.4) is 0 Å². The first-order valence-corrected chi connectivity index (χ1v) is 7.36. The molecule has 2 rings (SSSR count). The second-order valence-electron chi connectivity index (χ2n) is 4.37. The maximum atomic E-state index is 11.8. The Labute approximate surface area is 111 Å². The summed E-state index contributed by atoms with van der Waals surface area (Å²) < 4.78 is 22.5. The Morgan fingerprint density at radius 3 is 2.61 bits per heavy atom. The number of hydrogen-bond acceptors (Lipinski definition) is 3. The number of amides is 1. The third-order valence-electron chi connectivity index (χ3n) is 2.95. The Bertz CT molecular complexity index is 600. The number of nitrogens with zero attached hydrogens (tertiary/aromatic N) is 1. The molecule has 0 spiro atoms. The molecule has 0 saturated carbocycles. The molecule has 1 fully saturated rings. The third-order valence-corrected chi connectivity index (χ3v) is 4.50. The predicted octanol–water partition coefficient (Wildman–Crippen LogP) is 1.04. The quantitative estimate of drug-likeness (QED) is 0.883. The van der Waals surface area contributed by atoms with E-state index in [4.69, 9.17) is 16.7 Å². The zero-order valence-corrected chi connectivity index (χ0v) is 11.3. The number of carbonyl (C=O) groups excluding carboxylic acids is 1. The largest absolute Gasteiger partial charge is 0.310 e. The van der Waals surface area contributed by atoms with Crippen molar-refractivity contribution in [2.24, 2.45) is 5.14 Å². The monoisotopic (exact) mass is 288 g/mol. The maximum Gasteiger partial charge on any atom is 0.228 e. The number of primary sulfonamides is 1. The predicted molar refractivity (Wildman–Crippen MR) is 70.1 cm³/mol. The van der Waals surface area contributed by atoms with Crippen molar-refractivity contribution in [3.05, 3.63) is 28.8 Å². The van der Waals surface area contributed by atoms with Crippen LogP contribution in [0, 0.1) is 6.92 Å². The Kier molecular flexibility index (Phi) is 3.35. The molecule has 1 amide bonds. The van der Waals surface area contributed by atoms with Gasteiger partial charge in [-0.2, -0.15) is 0 Å². The minimum atomic E-state index is -3.70. The molecule has 1 aliphatic rings. The maximum absolute atomic E-state index is 11.8. The fraction of sp³-hybridized carbons (Fsp3) is 0.364. The molecular weight excluding hydrogens is 276 g/mol. The molecule has 98 valence electrons. The number of halogens is 1. The average molecular weight is 289 g/mol. The molecule has 1 heterocycles. The topological polar surface area (TPSA) is 80.5 Å². The first-order chi connectivity index (χ1) is 8.29. The van der Waals surface area contributed by atoms with Crippen LogP contribution in [0.25, 0.3) is 0 Å². The molecule has 1 unspecified atom stereocenters. The van der Waals surface area contributed by atoms with E-state index in [2.05, 4.69) is 0 Å². The van der Waals surface area contributed by atoms with E-state index in [1.165, 1.54) is 4.90 Å². The van der Waals surface area contributed by atoms with Gasteiger partial charge in [-0.3, -0.25) is 4.79 Å². The molecule has 1 aromatic carbocycles. The number of hydrogen-bond donors (Lipinski definition) is 1. The highest BCUT2D eigenvalue weighted by atomic mass is 35.5. The van der Waals surface area contributed by atoms with Crippen LogP contribution in [0.4, 0.5) is 5.69 Å². The highest BCUT2D eigenvalue weighted by Gasteiger charge is 2.37. The van der Waals surface area contributed by atoms with E-state index in [1.807, 2.05) is 13.0 Å². The molecule has 5 nitrogen and oxygen atoms in total. The fourth-order valence-electron chi connectivity index (χ4n) is 1.96. The highest BCUT2D eigenvalue weighted by molar-refractivity contribution is 7.89.